The van der Waals surface area contributed by atoms with Crippen molar-refractivity contribution < 1.29 is 18.7 Å². The van der Waals surface area contributed by atoms with Crippen LogP contribution in [-0.2, 0) is 9.53 Å². The van der Waals surface area contributed by atoms with Gasteiger partial charge in [-0.05, 0) is 31.2 Å². The summed E-state index contributed by atoms with van der Waals surface area (Å²) in [5.41, 5.74) is 2.32. The van der Waals surface area contributed by atoms with Crippen molar-refractivity contribution >= 4 is 23.6 Å². The van der Waals surface area contributed by atoms with Crippen molar-refractivity contribution in [2.45, 2.75) is 6.92 Å². The lowest BCUT2D eigenvalue weighted by Crippen LogP contribution is -2.16. The fourth-order valence-electron chi connectivity index (χ4n) is 2.66. The van der Waals surface area contributed by atoms with Gasteiger partial charge in [-0.1, -0.05) is 42.0 Å². The van der Waals surface area contributed by atoms with Crippen molar-refractivity contribution in [1.82, 2.24) is 0 Å². The van der Waals surface area contributed by atoms with E-state index in [4.69, 9.17) is 9.15 Å². The second kappa shape index (κ2) is 8.72. The third-order valence-electron chi connectivity index (χ3n) is 4.20. The van der Waals surface area contributed by atoms with E-state index in [1.807, 2.05) is 37.3 Å². The molecule has 1 aromatic heterocycles. The van der Waals surface area contributed by atoms with Gasteiger partial charge in [-0.15, -0.1) is 0 Å². The molecule has 0 aliphatic heterocycles. The monoisotopic (exact) mass is 386 g/mol. The number of nitrogens with one attached hydrogen (secondary N) is 1. The van der Waals surface area contributed by atoms with E-state index in [9.17, 15) is 14.9 Å². The fraction of sp³-hybridized carbons (Fsp3) is 0.0870. The maximum Gasteiger partial charge on any atom is 0.339 e. The van der Waals surface area contributed by atoms with Gasteiger partial charge in [0.2, 0.25) is 0 Å². The second-order valence-corrected chi connectivity index (χ2v) is 6.23. The molecule has 144 valence electrons. The molecule has 2 aromatic carbocycles. The number of hydrogen-bond donors (Lipinski definition) is 1. The molecule has 0 unspecified atom stereocenters. The highest BCUT2D eigenvalue weighted by atomic mass is 16.5. The van der Waals surface area contributed by atoms with Crippen LogP contribution in [0.5, 0.6) is 0 Å². The molecule has 29 heavy (non-hydrogen) atoms. The van der Waals surface area contributed by atoms with E-state index in [0.717, 1.165) is 11.1 Å². The van der Waals surface area contributed by atoms with Crippen molar-refractivity contribution in [2.24, 2.45) is 0 Å². The standard InChI is InChI=1S/C23H18N2O4/c1-15-7-9-16(10-8-15)21-12-11-18(29-21)13-17(14-24)22(26)25-20-6-4-3-5-19(20)23(27)28-2/h3-13H,1-2H3,(H,25,26)/b17-13+. The number of aryl methyl sites for hydroxylation is 1. The number of carbonyl (C=O) groups is 2. The third-order valence-corrected chi connectivity index (χ3v) is 4.20. The molecule has 0 saturated heterocycles. The van der Waals surface area contributed by atoms with E-state index >= 15 is 0 Å². The minimum absolute atomic E-state index is 0.158. The van der Waals surface area contributed by atoms with Crippen LogP contribution in [0, 0.1) is 18.3 Å². The van der Waals surface area contributed by atoms with Crippen LogP contribution in [0.2, 0.25) is 0 Å². The Hall–Kier alpha value is -4.11. The molecule has 0 atom stereocenters. The van der Waals surface area contributed by atoms with E-state index < -0.39 is 11.9 Å². The van der Waals surface area contributed by atoms with Crippen LogP contribution in [0.3, 0.4) is 0 Å². The Labute approximate surface area is 168 Å². The lowest BCUT2D eigenvalue weighted by atomic mass is 10.1. The number of hydrogen-bond acceptors (Lipinski definition) is 5. The van der Waals surface area contributed by atoms with Gasteiger partial charge >= 0.3 is 5.97 Å². The summed E-state index contributed by atoms with van der Waals surface area (Å²) in [5, 5.41) is 12.0. The molecule has 3 aromatic rings. The number of nitriles is 1. The summed E-state index contributed by atoms with van der Waals surface area (Å²) in [5.74, 6) is -0.243. The molecule has 0 spiro atoms. The molecular weight excluding hydrogens is 368 g/mol. The Balaban J connectivity index is 1.82. The van der Waals surface area contributed by atoms with Gasteiger partial charge in [-0.2, -0.15) is 5.26 Å². The van der Waals surface area contributed by atoms with Crippen molar-refractivity contribution in [3.05, 3.63) is 83.1 Å². The maximum atomic E-state index is 12.5. The van der Waals surface area contributed by atoms with Crippen LogP contribution in [0.25, 0.3) is 17.4 Å². The summed E-state index contributed by atoms with van der Waals surface area (Å²) in [7, 11) is 1.25. The number of furan rings is 1. The molecule has 6 heteroatoms. The van der Waals surface area contributed by atoms with Gasteiger partial charge in [0.1, 0.15) is 23.2 Å². The topological polar surface area (TPSA) is 92.3 Å². The predicted molar refractivity (Wildman–Crippen MR) is 109 cm³/mol. The van der Waals surface area contributed by atoms with Crippen LogP contribution >= 0.6 is 0 Å². The molecule has 3 rings (SSSR count). The van der Waals surface area contributed by atoms with E-state index in [1.165, 1.54) is 19.3 Å². The summed E-state index contributed by atoms with van der Waals surface area (Å²) in [6.07, 6.45) is 1.35. The Bertz CT molecular complexity index is 1120. The highest BCUT2D eigenvalue weighted by Crippen LogP contribution is 2.24. The van der Waals surface area contributed by atoms with E-state index in [-0.39, 0.29) is 16.8 Å². The summed E-state index contributed by atoms with van der Waals surface area (Å²) in [4.78, 5) is 24.4. The quantitative estimate of drug-likeness (QED) is 0.393. The zero-order chi connectivity index (χ0) is 20.8. The van der Waals surface area contributed by atoms with Crippen molar-refractivity contribution in [3.63, 3.8) is 0 Å². The lowest BCUT2D eigenvalue weighted by Gasteiger charge is -2.08. The van der Waals surface area contributed by atoms with E-state index in [1.54, 1.807) is 30.3 Å². The minimum Gasteiger partial charge on any atom is -0.465 e. The summed E-state index contributed by atoms with van der Waals surface area (Å²) in [6.45, 7) is 2.00. The first-order chi connectivity index (χ1) is 14.0. The molecular formula is C23H18N2O4. The largest absolute Gasteiger partial charge is 0.465 e. The lowest BCUT2D eigenvalue weighted by molar-refractivity contribution is -0.112. The van der Waals surface area contributed by atoms with Gasteiger partial charge in [-0.25, -0.2) is 4.79 Å². The van der Waals surface area contributed by atoms with Gasteiger partial charge in [0.25, 0.3) is 5.91 Å². The molecule has 6 nitrogen and oxygen atoms in total. The van der Waals surface area contributed by atoms with Gasteiger partial charge in [0, 0.05) is 11.6 Å². The zero-order valence-corrected chi connectivity index (χ0v) is 15.9. The predicted octanol–water partition coefficient (Wildman–Crippen LogP) is 4.59. The van der Waals surface area contributed by atoms with Crippen molar-refractivity contribution in [1.29, 1.82) is 5.26 Å². The molecule has 0 aliphatic carbocycles. The van der Waals surface area contributed by atoms with Gasteiger partial charge in [0.15, 0.2) is 0 Å². The number of benzene rings is 2. The number of methoxy groups -OCH3 is 1. The minimum atomic E-state index is -0.655. The number of carbonyl (C=O) groups excluding carboxylic acids is 2. The molecule has 0 radical (unpaired) electrons. The number of esters is 1. The van der Waals surface area contributed by atoms with Crippen LogP contribution < -0.4 is 5.32 Å². The van der Waals surface area contributed by atoms with Crippen LogP contribution in [-0.4, -0.2) is 19.0 Å². The fourth-order valence-corrected chi connectivity index (χ4v) is 2.66. The van der Waals surface area contributed by atoms with Gasteiger partial charge in [0.05, 0.1) is 18.4 Å². The molecule has 1 N–H and O–H groups in total. The smallest absolute Gasteiger partial charge is 0.339 e. The summed E-state index contributed by atoms with van der Waals surface area (Å²) < 4.78 is 10.4. The number of para-hydroxylation sites is 1. The first-order valence-electron chi connectivity index (χ1n) is 8.79. The molecule has 0 aliphatic rings. The number of rotatable bonds is 5. The first kappa shape index (κ1) is 19.6. The second-order valence-electron chi connectivity index (χ2n) is 6.23. The molecule has 0 saturated carbocycles. The van der Waals surface area contributed by atoms with Gasteiger partial charge < -0.3 is 14.5 Å². The number of anilines is 1. The molecule has 0 fully saturated rings. The summed E-state index contributed by atoms with van der Waals surface area (Å²) >= 11 is 0. The molecule has 1 heterocycles. The number of ether oxygens (including phenoxy) is 1. The van der Waals surface area contributed by atoms with Crippen LogP contribution in [0.15, 0.2) is 70.7 Å². The Morgan fingerprint density at radius 3 is 2.48 bits per heavy atom. The van der Waals surface area contributed by atoms with Crippen molar-refractivity contribution in [3.8, 4) is 17.4 Å². The Morgan fingerprint density at radius 2 is 1.79 bits per heavy atom. The Morgan fingerprint density at radius 1 is 1.07 bits per heavy atom. The van der Waals surface area contributed by atoms with Crippen LogP contribution in [0.4, 0.5) is 5.69 Å². The molecule has 0 bridgehead atoms. The van der Waals surface area contributed by atoms with Gasteiger partial charge in [-0.3, -0.25) is 4.79 Å². The third kappa shape index (κ3) is 4.60. The highest BCUT2D eigenvalue weighted by molar-refractivity contribution is 6.11. The van der Waals surface area contributed by atoms with E-state index in [2.05, 4.69) is 5.32 Å². The average molecular weight is 386 g/mol. The highest BCUT2D eigenvalue weighted by Gasteiger charge is 2.16. The normalized spacial score (nSPS) is 10.9. The average Bonchev–Trinajstić information content (AvgIpc) is 3.21. The maximum absolute atomic E-state index is 12.5. The zero-order valence-electron chi connectivity index (χ0n) is 15.9. The number of amides is 1. The SMILES string of the molecule is COC(=O)c1ccccc1NC(=O)/C(C#N)=C/c1ccc(-c2ccc(C)cc2)o1. The van der Waals surface area contributed by atoms with E-state index in [0.29, 0.717) is 11.5 Å². The summed E-state index contributed by atoms with van der Waals surface area (Å²) in [6, 6.07) is 19.5. The van der Waals surface area contributed by atoms with Crippen molar-refractivity contribution in [2.75, 3.05) is 12.4 Å². The first-order valence-corrected chi connectivity index (χ1v) is 8.79. The molecule has 1 amide bonds. The van der Waals surface area contributed by atoms with Crippen LogP contribution in [0.1, 0.15) is 21.7 Å². The number of nitrogens with zero attached hydrogens (tertiary/aromatic N) is 1. The Kier molecular flexibility index (Phi) is 5.91.